The molecule has 3 nitrogen and oxygen atoms in total. The number of aliphatic hydroxyl groups excluding tert-OH is 1. The van der Waals surface area contributed by atoms with Gasteiger partial charge in [0.2, 0.25) is 0 Å². The average Bonchev–Trinajstić information content (AvgIpc) is 2.98. The number of aliphatic hydroxyl groups is 1. The lowest BCUT2D eigenvalue weighted by atomic mass is 10.0. The van der Waals surface area contributed by atoms with Gasteiger partial charge in [-0.15, -0.1) is 0 Å². The lowest BCUT2D eigenvalue weighted by Crippen LogP contribution is -2.01. The predicted octanol–water partition coefficient (Wildman–Crippen LogP) is 3.29. The third kappa shape index (κ3) is 3.17. The van der Waals surface area contributed by atoms with E-state index in [1.165, 1.54) is 12.1 Å². The molecule has 1 atom stereocenters. The zero-order valence-electron chi connectivity index (χ0n) is 11.4. The molecule has 0 spiro atoms. The summed E-state index contributed by atoms with van der Waals surface area (Å²) in [6, 6.07) is 15.9. The molecule has 3 rings (SSSR count). The summed E-state index contributed by atoms with van der Waals surface area (Å²) in [7, 11) is 0. The van der Waals surface area contributed by atoms with Crippen molar-refractivity contribution < 1.29 is 9.50 Å². The minimum Gasteiger partial charge on any atom is -0.388 e. The third-order valence-electron chi connectivity index (χ3n) is 3.33. The number of para-hydroxylation sites is 1. The molecule has 0 fully saturated rings. The van der Waals surface area contributed by atoms with Gasteiger partial charge in [-0.3, -0.25) is 0 Å². The first-order chi connectivity index (χ1) is 10.2. The van der Waals surface area contributed by atoms with Crippen molar-refractivity contribution in [2.24, 2.45) is 0 Å². The molecule has 0 aliphatic carbocycles. The lowest BCUT2D eigenvalue weighted by Gasteiger charge is -2.08. The number of nitrogens with zero attached hydrogens (tertiary/aromatic N) is 2. The van der Waals surface area contributed by atoms with E-state index in [9.17, 15) is 9.50 Å². The molecule has 0 radical (unpaired) electrons. The summed E-state index contributed by atoms with van der Waals surface area (Å²) in [5, 5.41) is 14.5. The first-order valence-corrected chi connectivity index (χ1v) is 6.75. The van der Waals surface area contributed by atoms with Gasteiger partial charge in [0.1, 0.15) is 5.82 Å². The van der Waals surface area contributed by atoms with Crippen molar-refractivity contribution in [2.45, 2.75) is 12.5 Å². The van der Waals surface area contributed by atoms with E-state index in [1.54, 1.807) is 29.2 Å². The molecule has 1 heterocycles. The molecule has 0 aliphatic heterocycles. The smallest absolute Gasteiger partial charge is 0.123 e. The van der Waals surface area contributed by atoms with Crippen molar-refractivity contribution in [3.8, 4) is 5.69 Å². The van der Waals surface area contributed by atoms with Gasteiger partial charge < -0.3 is 5.11 Å². The zero-order chi connectivity index (χ0) is 14.7. The first-order valence-electron chi connectivity index (χ1n) is 6.75. The summed E-state index contributed by atoms with van der Waals surface area (Å²) in [6.45, 7) is 0. The number of hydrogen-bond donors (Lipinski definition) is 1. The Morgan fingerprint density at radius 2 is 1.90 bits per heavy atom. The van der Waals surface area contributed by atoms with Crippen molar-refractivity contribution in [2.75, 3.05) is 0 Å². The van der Waals surface area contributed by atoms with E-state index in [1.807, 2.05) is 30.3 Å². The van der Waals surface area contributed by atoms with E-state index in [-0.39, 0.29) is 5.82 Å². The van der Waals surface area contributed by atoms with Gasteiger partial charge in [0.15, 0.2) is 0 Å². The Balaban J connectivity index is 1.77. The number of rotatable bonds is 4. The monoisotopic (exact) mass is 282 g/mol. The highest BCUT2D eigenvalue weighted by molar-refractivity contribution is 5.31. The predicted molar refractivity (Wildman–Crippen MR) is 78.6 cm³/mol. The number of hydrogen-bond acceptors (Lipinski definition) is 2. The maximum Gasteiger partial charge on any atom is 0.123 e. The Kier molecular flexibility index (Phi) is 3.79. The van der Waals surface area contributed by atoms with Crippen molar-refractivity contribution in [1.82, 2.24) is 9.78 Å². The summed E-state index contributed by atoms with van der Waals surface area (Å²) in [6.07, 6.45) is 3.08. The Hall–Kier alpha value is -2.46. The Morgan fingerprint density at radius 3 is 2.67 bits per heavy atom. The highest BCUT2D eigenvalue weighted by Gasteiger charge is 2.12. The average molecular weight is 282 g/mol. The van der Waals surface area contributed by atoms with E-state index in [0.717, 1.165) is 11.3 Å². The normalized spacial score (nSPS) is 12.3. The van der Waals surface area contributed by atoms with Crippen LogP contribution < -0.4 is 0 Å². The van der Waals surface area contributed by atoms with Crippen LogP contribution in [0.4, 0.5) is 4.39 Å². The van der Waals surface area contributed by atoms with Gasteiger partial charge in [-0.1, -0.05) is 30.3 Å². The third-order valence-corrected chi connectivity index (χ3v) is 3.33. The van der Waals surface area contributed by atoms with Crippen LogP contribution in [0.1, 0.15) is 17.2 Å². The molecule has 106 valence electrons. The molecule has 4 heteroatoms. The fraction of sp³-hybridized carbons (Fsp3) is 0.118. The number of benzene rings is 2. The van der Waals surface area contributed by atoms with Crippen LogP contribution in [0.15, 0.2) is 67.0 Å². The molecule has 1 N–H and O–H groups in total. The summed E-state index contributed by atoms with van der Waals surface area (Å²) in [5.41, 5.74) is 2.40. The Labute approximate surface area is 122 Å². The fourth-order valence-electron chi connectivity index (χ4n) is 2.24. The standard InChI is InChI=1S/C17H15FN2O/c18-15-6-4-5-13(9-15)10-17(21)14-11-19-20(12-14)16-7-2-1-3-8-16/h1-9,11-12,17,21H,10H2. The molecule has 0 bridgehead atoms. The highest BCUT2D eigenvalue weighted by Crippen LogP contribution is 2.19. The van der Waals surface area contributed by atoms with Crippen LogP contribution in [0.25, 0.3) is 5.69 Å². The molecule has 0 saturated carbocycles. The molecule has 2 aromatic carbocycles. The molecule has 0 amide bonds. The lowest BCUT2D eigenvalue weighted by molar-refractivity contribution is 0.178. The molecule has 0 saturated heterocycles. The second-order valence-corrected chi connectivity index (χ2v) is 4.90. The van der Waals surface area contributed by atoms with Gasteiger partial charge >= 0.3 is 0 Å². The van der Waals surface area contributed by atoms with Crippen molar-refractivity contribution in [3.05, 3.63) is 83.9 Å². The van der Waals surface area contributed by atoms with E-state index in [2.05, 4.69) is 5.10 Å². The zero-order valence-corrected chi connectivity index (χ0v) is 11.4. The van der Waals surface area contributed by atoms with Crippen LogP contribution in [0, 0.1) is 5.82 Å². The van der Waals surface area contributed by atoms with E-state index < -0.39 is 6.10 Å². The summed E-state index contributed by atoms with van der Waals surface area (Å²) in [5.74, 6) is -0.292. The number of halogens is 1. The maximum absolute atomic E-state index is 13.1. The minimum absolute atomic E-state index is 0.292. The number of aromatic nitrogens is 2. The van der Waals surface area contributed by atoms with Crippen molar-refractivity contribution >= 4 is 0 Å². The van der Waals surface area contributed by atoms with Gasteiger partial charge in [-0.25, -0.2) is 9.07 Å². The molecular weight excluding hydrogens is 267 g/mol. The molecule has 1 unspecified atom stereocenters. The summed E-state index contributed by atoms with van der Waals surface area (Å²) in [4.78, 5) is 0. The fourth-order valence-corrected chi connectivity index (χ4v) is 2.24. The van der Waals surface area contributed by atoms with Gasteiger partial charge in [-0.2, -0.15) is 5.10 Å². The van der Waals surface area contributed by atoms with Gasteiger partial charge in [0, 0.05) is 18.2 Å². The summed E-state index contributed by atoms with van der Waals surface area (Å²) >= 11 is 0. The molecule has 1 aromatic heterocycles. The minimum atomic E-state index is -0.704. The van der Waals surface area contributed by atoms with E-state index >= 15 is 0 Å². The molecular formula is C17H15FN2O. The maximum atomic E-state index is 13.1. The Bertz CT molecular complexity index is 724. The van der Waals surface area contributed by atoms with Crippen LogP contribution in [0.3, 0.4) is 0 Å². The van der Waals surface area contributed by atoms with Gasteiger partial charge in [-0.05, 0) is 29.8 Å². The van der Waals surface area contributed by atoms with E-state index in [0.29, 0.717) is 12.0 Å². The molecule has 0 aliphatic rings. The quantitative estimate of drug-likeness (QED) is 0.797. The highest BCUT2D eigenvalue weighted by atomic mass is 19.1. The van der Waals surface area contributed by atoms with Crippen LogP contribution in [-0.4, -0.2) is 14.9 Å². The van der Waals surface area contributed by atoms with Crippen LogP contribution in [-0.2, 0) is 6.42 Å². The Morgan fingerprint density at radius 1 is 1.10 bits per heavy atom. The molecule has 21 heavy (non-hydrogen) atoms. The molecule has 3 aromatic rings. The second-order valence-electron chi connectivity index (χ2n) is 4.90. The van der Waals surface area contributed by atoms with Crippen LogP contribution in [0.5, 0.6) is 0 Å². The first kappa shape index (κ1) is 13.5. The van der Waals surface area contributed by atoms with Crippen molar-refractivity contribution in [1.29, 1.82) is 0 Å². The SMILES string of the molecule is OC(Cc1cccc(F)c1)c1cnn(-c2ccccc2)c1. The summed E-state index contributed by atoms with van der Waals surface area (Å²) < 4.78 is 14.9. The van der Waals surface area contributed by atoms with E-state index in [4.69, 9.17) is 0 Å². The second kappa shape index (κ2) is 5.89. The van der Waals surface area contributed by atoms with Gasteiger partial charge in [0.05, 0.1) is 18.0 Å². The van der Waals surface area contributed by atoms with Crippen molar-refractivity contribution in [3.63, 3.8) is 0 Å². The largest absolute Gasteiger partial charge is 0.388 e. The van der Waals surface area contributed by atoms with Crippen LogP contribution >= 0.6 is 0 Å². The topological polar surface area (TPSA) is 38.1 Å². The van der Waals surface area contributed by atoms with Crippen LogP contribution in [0.2, 0.25) is 0 Å². The van der Waals surface area contributed by atoms with Gasteiger partial charge in [0.25, 0.3) is 0 Å².